The number of guanidine groups is 1. The average molecular weight is 328 g/mol. The lowest BCUT2D eigenvalue weighted by Gasteiger charge is -2.19. The van der Waals surface area contributed by atoms with E-state index in [1.807, 2.05) is 0 Å². The van der Waals surface area contributed by atoms with E-state index in [2.05, 4.69) is 15.0 Å². The Bertz CT molecular complexity index is 754. The zero-order valence-electron chi connectivity index (χ0n) is 10.3. The predicted molar refractivity (Wildman–Crippen MR) is 79.2 cm³/mol. The monoisotopic (exact) mass is 327 g/mol. The SMILES string of the molecule is Oc1c(F)c(Cl)cc2c1N=C(Nc1ccccc1F)NS2. The van der Waals surface area contributed by atoms with Crippen molar-refractivity contribution in [3.8, 4) is 5.75 Å². The second-order valence-corrected chi connectivity index (χ2v) is 5.39. The van der Waals surface area contributed by atoms with Crippen LogP contribution in [0.15, 0.2) is 40.2 Å². The summed E-state index contributed by atoms with van der Waals surface area (Å²) >= 11 is 6.73. The highest BCUT2D eigenvalue weighted by atomic mass is 35.5. The van der Waals surface area contributed by atoms with E-state index >= 15 is 0 Å². The number of nitrogens with zero attached hydrogens (tertiary/aromatic N) is 1. The maximum Gasteiger partial charge on any atom is 0.211 e. The van der Waals surface area contributed by atoms with Gasteiger partial charge in [0.15, 0.2) is 11.6 Å². The molecular weight excluding hydrogens is 320 g/mol. The van der Waals surface area contributed by atoms with Crippen LogP contribution in [0.5, 0.6) is 5.75 Å². The highest BCUT2D eigenvalue weighted by Crippen LogP contribution is 2.43. The Morgan fingerprint density at radius 3 is 2.81 bits per heavy atom. The number of para-hydroxylation sites is 1. The third kappa shape index (κ3) is 2.62. The second kappa shape index (κ2) is 5.42. The van der Waals surface area contributed by atoms with Gasteiger partial charge in [-0.25, -0.2) is 13.8 Å². The van der Waals surface area contributed by atoms with E-state index in [0.717, 1.165) is 11.9 Å². The number of benzene rings is 2. The van der Waals surface area contributed by atoms with Crippen molar-refractivity contribution in [2.24, 2.45) is 4.99 Å². The molecule has 3 rings (SSSR count). The fourth-order valence-electron chi connectivity index (χ4n) is 1.75. The summed E-state index contributed by atoms with van der Waals surface area (Å²) in [6.45, 7) is 0. The van der Waals surface area contributed by atoms with E-state index in [9.17, 15) is 13.9 Å². The zero-order chi connectivity index (χ0) is 15.0. The van der Waals surface area contributed by atoms with Gasteiger partial charge in [-0.05, 0) is 30.1 Å². The Morgan fingerprint density at radius 1 is 1.29 bits per heavy atom. The lowest BCUT2D eigenvalue weighted by Crippen LogP contribution is -2.27. The number of halogens is 3. The normalized spacial score (nSPS) is 13.2. The van der Waals surface area contributed by atoms with E-state index in [-0.39, 0.29) is 22.4 Å². The molecule has 0 fully saturated rings. The van der Waals surface area contributed by atoms with Gasteiger partial charge < -0.3 is 10.4 Å². The van der Waals surface area contributed by atoms with Gasteiger partial charge >= 0.3 is 0 Å². The third-order valence-electron chi connectivity index (χ3n) is 2.74. The largest absolute Gasteiger partial charge is 0.503 e. The molecule has 8 heteroatoms. The number of hydrogen-bond donors (Lipinski definition) is 3. The number of aromatic hydroxyl groups is 1. The number of phenolic OH excluding ortho intramolecular Hbond substituents is 1. The zero-order valence-corrected chi connectivity index (χ0v) is 11.9. The van der Waals surface area contributed by atoms with E-state index in [4.69, 9.17) is 11.6 Å². The summed E-state index contributed by atoms with van der Waals surface area (Å²) in [6.07, 6.45) is 0. The summed E-state index contributed by atoms with van der Waals surface area (Å²) in [6, 6.07) is 7.40. The topological polar surface area (TPSA) is 56.7 Å². The van der Waals surface area contributed by atoms with Gasteiger partial charge in [0.1, 0.15) is 11.5 Å². The molecule has 2 aromatic rings. The van der Waals surface area contributed by atoms with Gasteiger partial charge in [-0.2, -0.15) is 0 Å². The molecule has 0 spiro atoms. The molecule has 0 aromatic heterocycles. The van der Waals surface area contributed by atoms with E-state index in [1.54, 1.807) is 12.1 Å². The number of anilines is 1. The molecule has 2 aromatic carbocycles. The molecule has 0 aliphatic carbocycles. The summed E-state index contributed by atoms with van der Waals surface area (Å²) in [5.74, 6) is -1.86. The smallest absolute Gasteiger partial charge is 0.211 e. The van der Waals surface area contributed by atoms with Crippen LogP contribution in [0.1, 0.15) is 0 Å². The molecule has 0 bridgehead atoms. The molecular formula is C13H8ClF2N3OS. The quantitative estimate of drug-likeness (QED) is 0.692. The number of hydrogen-bond acceptors (Lipinski definition) is 5. The summed E-state index contributed by atoms with van der Waals surface area (Å²) in [7, 11) is 0. The molecule has 0 atom stereocenters. The van der Waals surface area contributed by atoms with Gasteiger partial charge in [-0.1, -0.05) is 23.7 Å². The van der Waals surface area contributed by atoms with Gasteiger partial charge in [-0.3, -0.25) is 4.72 Å². The second-order valence-electron chi connectivity index (χ2n) is 4.14. The Balaban J connectivity index is 1.97. The maximum absolute atomic E-state index is 13.6. The first-order valence-corrected chi connectivity index (χ1v) is 7.00. The van der Waals surface area contributed by atoms with Crippen molar-refractivity contribution in [1.29, 1.82) is 0 Å². The Morgan fingerprint density at radius 2 is 2.05 bits per heavy atom. The number of nitrogens with one attached hydrogen (secondary N) is 2. The molecule has 0 unspecified atom stereocenters. The van der Waals surface area contributed by atoms with Gasteiger partial charge in [-0.15, -0.1) is 0 Å². The van der Waals surface area contributed by atoms with Crippen LogP contribution in [0.3, 0.4) is 0 Å². The molecule has 3 N–H and O–H groups in total. The molecule has 0 radical (unpaired) electrons. The standard InChI is InChI=1S/C13H8ClF2N3OS/c14-6-5-9-11(12(20)10(6)16)18-13(19-21-9)17-8-4-2-1-3-7(8)15/h1-5,20H,(H2,17,18,19). The maximum atomic E-state index is 13.6. The van der Waals surface area contributed by atoms with Crippen LogP contribution >= 0.6 is 23.5 Å². The lowest BCUT2D eigenvalue weighted by atomic mass is 10.3. The summed E-state index contributed by atoms with van der Waals surface area (Å²) in [5.41, 5.74) is 0.251. The van der Waals surface area contributed by atoms with E-state index < -0.39 is 17.4 Å². The van der Waals surface area contributed by atoms with Crippen molar-refractivity contribution in [2.75, 3.05) is 5.32 Å². The van der Waals surface area contributed by atoms with Crippen molar-refractivity contribution in [2.45, 2.75) is 4.90 Å². The van der Waals surface area contributed by atoms with Gasteiger partial charge in [0, 0.05) is 0 Å². The molecule has 1 aliphatic rings. The Hall–Kier alpha value is -1.99. The number of rotatable bonds is 1. The minimum Gasteiger partial charge on any atom is -0.503 e. The van der Waals surface area contributed by atoms with Crippen molar-refractivity contribution < 1.29 is 13.9 Å². The molecule has 4 nitrogen and oxygen atoms in total. The van der Waals surface area contributed by atoms with Crippen LogP contribution in [-0.2, 0) is 0 Å². The van der Waals surface area contributed by atoms with Gasteiger partial charge in [0.25, 0.3) is 0 Å². The molecule has 0 saturated heterocycles. The molecule has 1 aliphatic heterocycles. The summed E-state index contributed by atoms with van der Waals surface area (Å²) in [5, 5.41) is 12.3. The fraction of sp³-hybridized carbons (Fsp3) is 0. The number of fused-ring (bicyclic) bond motifs is 1. The molecule has 21 heavy (non-hydrogen) atoms. The van der Waals surface area contributed by atoms with Crippen molar-refractivity contribution in [3.05, 3.63) is 47.0 Å². The first kappa shape index (κ1) is 14.0. The first-order valence-electron chi connectivity index (χ1n) is 5.80. The molecule has 0 saturated carbocycles. The fourth-order valence-corrected chi connectivity index (χ4v) is 2.73. The van der Waals surface area contributed by atoms with Crippen molar-refractivity contribution in [1.82, 2.24) is 4.72 Å². The Labute approximate surface area is 128 Å². The third-order valence-corrected chi connectivity index (χ3v) is 3.84. The molecule has 1 heterocycles. The van der Waals surface area contributed by atoms with Crippen LogP contribution in [0.2, 0.25) is 5.02 Å². The van der Waals surface area contributed by atoms with Crippen LogP contribution < -0.4 is 10.0 Å². The number of aliphatic imine (C=N–C) groups is 1. The highest BCUT2D eigenvalue weighted by molar-refractivity contribution is 7.98. The molecule has 108 valence electrons. The van der Waals surface area contributed by atoms with Gasteiger partial charge in [0.2, 0.25) is 5.96 Å². The Kier molecular flexibility index (Phi) is 3.60. The number of phenols is 1. The lowest BCUT2D eigenvalue weighted by molar-refractivity contribution is 0.432. The van der Waals surface area contributed by atoms with Crippen molar-refractivity contribution in [3.63, 3.8) is 0 Å². The van der Waals surface area contributed by atoms with Crippen LogP contribution in [0, 0.1) is 11.6 Å². The van der Waals surface area contributed by atoms with Gasteiger partial charge in [0.05, 0.1) is 15.6 Å². The highest BCUT2D eigenvalue weighted by Gasteiger charge is 2.21. The minimum atomic E-state index is -0.938. The van der Waals surface area contributed by atoms with Crippen LogP contribution in [0.4, 0.5) is 20.2 Å². The predicted octanol–water partition coefficient (Wildman–Crippen LogP) is 4.03. The van der Waals surface area contributed by atoms with E-state index in [1.165, 1.54) is 18.2 Å². The summed E-state index contributed by atoms with van der Waals surface area (Å²) < 4.78 is 30.0. The first-order chi connectivity index (χ1) is 10.1. The van der Waals surface area contributed by atoms with E-state index in [0.29, 0.717) is 4.90 Å². The van der Waals surface area contributed by atoms with Crippen molar-refractivity contribution >= 4 is 40.9 Å². The average Bonchev–Trinajstić information content (AvgIpc) is 2.48. The minimum absolute atomic E-state index is 0.0412. The van der Waals surface area contributed by atoms with Crippen LogP contribution in [0.25, 0.3) is 0 Å². The van der Waals surface area contributed by atoms with Crippen LogP contribution in [-0.4, -0.2) is 11.1 Å². The molecule has 0 amide bonds. The summed E-state index contributed by atoms with van der Waals surface area (Å²) in [4.78, 5) is 4.51.